The normalized spacial score (nSPS) is 24.6. The first-order valence-corrected chi connectivity index (χ1v) is 9.72. The molecule has 11 nitrogen and oxygen atoms in total. The molecule has 176 valence electrons. The second-order valence-electron chi connectivity index (χ2n) is 6.86. The highest BCUT2D eigenvalue weighted by Gasteiger charge is 2.53. The van der Waals surface area contributed by atoms with Gasteiger partial charge >= 0.3 is 23.9 Å². The Morgan fingerprint density at radius 3 is 1.75 bits per heavy atom. The Labute approximate surface area is 184 Å². The van der Waals surface area contributed by atoms with Gasteiger partial charge in [0.25, 0.3) is 0 Å². The van der Waals surface area contributed by atoms with Crippen LogP contribution in [0.25, 0.3) is 0 Å². The van der Waals surface area contributed by atoms with E-state index in [2.05, 4.69) is 0 Å². The molecule has 1 fully saturated rings. The second kappa shape index (κ2) is 11.3. The molecule has 0 unspecified atom stereocenters. The van der Waals surface area contributed by atoms with Crippen LogP contribution in [0.15, 0.2) is 24.3 Å². The van der Waals surface area contributed by atoms with Crippen LogP contribution in [0.5, 0.6) is 11.5 Å². The number of ether oxygens (including phenoxy) is 7. The quantitative estimate of drug-likeness (QED) is 0.414. The number of esters is 4. The molecule has 5 atom stereocenters. The van der Waals surface area contributed by atoms with Crippen LogP contribution < -0.4 is 9.47 Å². The predicted octanol–water partition coefficient (Wildman–Crippen LogP) is 1.16. The third-order valence-corrected chi connectivity index (χ3v) is 4.26. The molecule has 0 bridgehead atoms. The highest BCUT2D eigenvalue weighted by atomic mass is 16.7. The molecule has 1 aliphatic rings. The van der Waals surface area contributed by atoms with Crippen LogP contribution in [0.3, 0.4) is 0 Å². The van der Waals surface area contributed by atoms with Crippen molar-refractivity contribution in [1.82, 2.24) is 0 Å². The largest absolute Gasteiger partial charge is 0.497 e. The summed E-state index contributed by atoms with van der Waals surface area (Å²) in [6, 6.07) is 6.46. The zero-order valence-electron chi connectivity index (χ0n) is 18.4. The first kappa shape index (κ1) is 24.9. The Morgan fingerprint density at radius 2 is 1.25 bits per heavy atom. The van der Waals surface area contributed by atoms with Gasteiger partial charge in [-0.05, 0) is 24.3 Å². The molecule has 0 N–H and O–H groups in total. The summed E-state index contributed by atoms with van der Waals surface area (Å²) in [6.45, 7) is 4.31. The van der Waals surface area contributed by atoms with Gasteiger partial charge in [0.15, 0.2) is 12.2 Å². The first-order chi connectivity index (χ1) is 15.1. The number of carbonyl (C=O) groups is 4. The van der Waals surface area contributed by atoms with E-state index in [1.54, 1.807) is 24.3 Å². The zero-order valence-corrected chi connectivity index (χ0v) is 18.4. The molecule has 1 saturated heterocycles. The van der Waals surface area contributed by atoms with Crippen LogP contribution in [0.1, 0.15) is 27.7 Å². The molecule has 2 rings (SSSR count). The van der Waals surface area contributed by atoms with Gasteiger partial charge in [-0.2, -0.15) is 0 Å². The molecule has 1 aromatic rings. The summed E-state index contributed by atoms with van der Waals surface area (Å²) in [7, 11) is 1.51. The topological polar surface area (TPSA) is 133 Å². The van der Waals surface area contributed by atoms with Crippen LogP contribution in [-0.4, -0.2) is 68.3 Å². The molecule has 1 aromatic carbocycles. The van der Waals surface area contributed by atoms with E-state index in [0.717, 1.165) is 20.8 Å². The van der Waals surface area contributed by atoms with Crippen molar-refractivity contribution in [2.24, 2.45) is 0 Å². The van der Waals surface area contributed by atoms with Crippen molar-refractivity contribution < 1.29 is 52.3 Å². The Hall–Kier alpha value is -3.34. The lowest BCUT2D eigenvalue weighted by molar-refractivity contribution is -0.288. The fraction of sp³-hybridized carbons (Fsp3) is 0.524. The molecule has 0 radical (unpaired) electrons. The molecule has 1 heterocycles. The molecule has 32 heavy (non-hydrogen) atoms. The summed E-state index contributed by atoms with van der Waals surface area (Å²) in [6.07, 6.45) is -6.20. The molecule has 0 saturated carbocycles. The summed E-state index contributed by atoms with van der Waals surface area (Å²) in [5.74, 6) is -1.83. The maximum Gasteiger partial charge on any atom is 0.303 e. The van der Waals surface area contributed by atoms with Gasteiger partial charge in [0.05, 0.1) is 7.11 Å². The smallest absolute Gasteiger partial charge is 0.303 e. The van der Waals surface area contributed by atoms with Crippen LogP contribution in [0.2, 0.25) is 0 Å². The van der Waals surface area contributed by atoms with Crippen molar-refractivity contribution in [3.8, 4) is 11.5 Å². The molecule has 0 amide bonds. The lowest BCUT2D eigenvalue weighted by atomic mass is 9.98. The van der Waals surface area contributed by atoms with Gasteiger partial charge in [-0.15, -0.1) is 0 Å². The maximum atomic E-state index is 11.8. The fourth-order valence-corrected chi connectivity index (χ4v) is 3.07. The average molecular weight is 454 g/mol. The van der Waals surface area contributed by atoms with Crippen molar-refractivity contribution in [2.45, 2.75) is 58.4 Å². The number of hydrogen-bond acceptors (Lipinski definition) is 11. The zero-order chi connectivity index (χ0) is 23.8. The molecule has 0 aromatic heterocycles. The van der Waals surface area contributed by atoms with Gasteiger partial charge in [0, 0.05) is 27.7 Å². The number of benzene rings is 1. The number of hydrogen-bond donors (Lipinski definition) is 0. The van der Waals surface area contributed by atoms with Crippen molar-refractivity contribution in [2.75, 3.05) is 13.7 Å². The van der Waals surface area contributed by atoms with E-state index in [1.165, 1.54) is 14.0 Å². The predicted molar refractivity (Wildman–Crippen MR) is 106 cm³/mol. The summed E-state index contributed by atoms with van der Waals surface area (Å²) in [4.78, 5) is 46.6. The van der Waals surface area contributed by atoms with Crippen LogP contribution in [0.4, 0.5) is 0 Å². The monoisotopic (exact) mass is 454 g/mol. The Bertz CT molecular complexity index is 820. The number of rotatable bonds is 8. The molecule has 1 aliphatic heterocycles. The SMILES string of the molecule is COc1ccc(O[C@H]2O[C@H](COC(C)=O)[C@@H](OC(C)=O)[C@H](OC(C)=O)[C@@H]2OC(C)=O)cc1. The van der Waals surface area contributed by atoms with Crippen LogP contribution >= 0.6 is 0 Å². The third kappa shape index (κ3) is 7.12. The second-order valence-corrected chi connectivity index (χ2v) is 6.86. The minimum Gasteiger partial charge on any atom is -0.497 e. The van der Waals surface area contributed by atoms with Gasteiger partial charge in [0.1, 0.15) is 24.2 Å². The summed E-state index contributed by atoms with van der Waals surface area (Å²) in [5, 5.41) is 0. The van der Waals surface area contributed by atoms with Crippen molar-refractivity contribution in [3.63, 3.8) is 0 Å². The highest BCUT2D eigenvalue weighted by Crippen LogP contribution is 2.31. The van der Waals surface area contributed by atoms with Gasteiger partial charge in [-0.25, -0.2) is 0 Å². The number of carbonyl (C=O) groups excluding carboxylic acids is 4. The van der Waals surface area contributed by atoms with E-state index in [4.69, 9.17) is 33.2 Å². The molecule has 0 spiro atoms. The van der Waals surface area contributed by atoms with E-state index in [9.17, 15) is 19.2 Å². The summed E-state index contributed by atoms with van der Waals surface area (Å²) < 4.78 is 37.8. The van der Waals surface area contributed by atoms with E-state index in [-0.39, 0.29) is 6.61 Å². The van der Waals surface area contributed by atoms with Crippen molar-refractivity contribution >= 4 is 23.9 Å². The summed E-state index contributed by atoms with van der Waals surface area (Å²) >= 11 is 0. The lowest BCUT2D eigenvalue weighted by Crippen LogP contribution is -2.63. The molecule has 0 aliphatic carbocycles. The van der Waals surface area contributed by atoms with Gasteiger partial charge in [0.2, 0.25) is 12.4 Å². The van der Waals surface area contributed by atoms with E-state index in [1.807, 2.05) is 0 Å². The van der Waals surface area contributed by atoms with E-state index < -0.39 is 54.6 Å². The number of methoxy groups -OCH3 is 1. The lowest BCUT2D eigenvalue weighted by Gasteiger charge is -2.43. The molecular formula is C21H26O11. The van der Waals surface area contributed by atoms with E-state index >= 15 is 0 Å². The Kier molecular flexibility index (Phi) is 8.82. The van der Waals surface area contributed by atoms with Crippen molar-refractivity contribution in [3.05, 3.63) is 24.3 Å². The highest BCUT2D eigenvalue weighted by molar-refractivity contribution is 5.68. The minimum atomic E-state index is -1.29. The fourth-order valence-electron chi connectivity index (χ4n) is 3.07. The summed E-state index contributed by atoms with van der Waals surface area (Å²) in [5.41, 5.74) is 0. The van der Waals surface area contributed by atoms with Crippen LogP contribution in [-0.2, 0) is 42.9 Å². The Balaban J connectivity index is 2.42. The third-order valence-electron chi connectivity index (χ3n) is 4.26. The van der Waals surface area contributed by atoms with Crippen LogP contribution in [0, 0.1) is 0 Å². The van der Waals surface area contributed by atoms with Crippen molar-refractivity contribution in [1.29, 1.82) is 0 Å². The maximum absolute atomic E-state index is 11.8. The standard InChI is InChI=1S/C21H26O11/c1-11(22)27-10-17-18(28-12(2)23)19(29-13(3)24)20(30-14(4)25)21(32-17)31-16-8-6-15(26-5)7-9-16/h6-9,17-21H,10H2,1-5H3/t17-,18-,19+,20+,21+/m1/s1. The minimum absolute atomic E-state index is 0.326. The molecule has 11 heteroatoms. The van der Waals surface area contributed by atoms with Gasteiger partial charge in [-0.1, -0.05) is 0 Å². The first-order valence-electron chi connectivity index (χ1n) is 9.72. The Morgan fingerprint density at radius 1 is 0.750 bits per heavy atom. The molecular weight excluding hydrogens is 428 g/mol. The average Bonchev–Trinajstić information content (AvgIpc) is 2.70. The van der Waals surface area contributed by atoms with Gasteiger partial charge in [-0.3, -0.25) is 19.2 Å². The van der Waals surface area contributed by atoms with Gasteiger partial charge < -0.3 is 33.2 Å². The van der Waals surface area contributed by atoms with E-state index in [0.29, 0.717) is 11.5 Å².